The number of hydrogen-bond acceptors (Lipinski definition) is 4. The molecule has 0 radical (unpaired) electrons. The summed E-state index contributed by atoms with van der Waals surface area (Å²) in [4.78, 5) is 12.1. The van der Waals surface area contributed by atoms with Crippen LogP contribution in [0.2, 0.25) is 0 Å². The smallest absolute Gasteiger partial charge is 0.338 e. The van der Waals surface area contributed by atoms with Crippen molar-refractivity contribution in [3.05, 3.63) is 58.1 Å². The van der Waals surface area contributed by atoms with E-state index in [1.165, 1.54) is 6.07 Å². The van der Waals surface area contributed by atoms with Gasteiger partial charge in [0.05, 0.1) is 17.1 Å². The molecule has 6 heteroatoms. The van der Waals surface area contributed by atoms with E-state index in [0.29, 0.717) is 11.3 Å². The van der Waals surface area contributed by atoms with Gasteiger partial charge >= 0.3 is 5.97 Å². The number of carbonyl (C=O) groups is 1. The number of benzene rings is 2. The fourth-order valence-electron chi connectivity index (χ4n) is 2.71. The Bertz CT molecular complexity index is 891. The quantitative estimate of drug-likeness (QED) is 0.820. The molecule has 2 rings (SSSR count). The monoisotopic (exact) mass is 361 g/mol. The molecule has 0 aliphatic heterocycles. The highest BCUT2D eigenvalue weighted by Crippen LogP contribution is 2.28. The minimum Gasteiger partial charge on any atom is -0.462 e. The summed E-state index contributed by atoms with van der Waals surface area (Å²) in [6.07, 6.45) is 0. The first-order valence-corrected chi connectivity index (χ1v) is 9.53. The Hall–Kier alpha value is -2.34. The van der Waals surface area contributed by atoms with E-state index in [4.69, 9.17) is 4.74 Å². The Kier molecular flexibility index (Phi) is 5.52. The maximum absolute atomic E-state index is 12.9. The molecular weight excluding hydrogens is 338 g/mol. The van der Waals surface area contributed by atoms with E-state index in [2.05, 4.69) is 4.72 Å². The average Bonchev–Trinajstić information content (AvgIpc) is 2.53. The molecule has 0 aromatic heterocycles. The lowest BCUT2D eigenvalue weighted by Gasteiger charge is -2.17. The van der Waals surface area contributed by atoms with E-state index in [-0.39, 0.29) is 11.5 Å². The van der Waals surface area contributed by atoms with Gasteiger partial charge in [-0.3, -0.25) is 4.72 Å². The fraction of sp³-hybridized carbons (Fsp3) is 0.316. The lowest BCUT2D eigenvalue weighted by atomic mass is 10.0. The summed E-state index contributed by atoms with van der Waals surface area (Å²) in [5.74, 6) is -0.484. The Morgan fingerprint density at radius 3 is 2.20 bits per heavy atom. The van der Waals surface area contributed by atoms with Gasteiger partial charge in [-0.25, -0.2) is 13.2 Å². The van der Waals surface area contributed by atoms with Crippen LogP contribution in [0.4, 0.5) is 5.69 Å². The predicted octanol–water partition coefficient (Wildman–Crippen LogP) is 3.90. The zero-order chi connectivity index (χ0) is 18.8. The molecule has 0 amide bonds. The molecule has 2 aromatic carbocycles. The second-order valence-corrected chi connectivity index (χ2v) is 7.62. The Morgan fingerprint density at radius 2 is 1.64 bits per heavy atom. The van der Waals surface area contributed by atoms with Crippen LogP contribution >= 0.6 is 0 Å². The normalized spacial score (nSPS) is 11.2. The highest BCUT2D eigenvalue weighted by Gasteiger charge is 2.22. The van der Waals surface area contributed by atoms with Crippen LogP contribution in [0.25, 0.3) is 0 Å². The molecule has 0 aliphatic carbocycles. The summed E-state index contributed by atoms with van der Waals surface area (Å²) in [7, 11) is -3.78. The second kappa shape index (κ2) is 7.27. The number of sulfonamides is 1. The van der Waals surface area contributed by atoms with Crippen LogP contribution in [0, 0.1) is 27.7 Å². The number of aryl methyl sites for hydroxylation is 2. The number of hydrogen-bond donors (Lipinski definition) is 1. The standard InChI is InChI=1S/C19H23NO4S/c1-6-24-19(21)16-8-7-9-17(11-16)20-25(22,23)18-14(4)12(2)10-13(3)15(18)5/h7-11,20H,6H2,1-5H3. The molecule has 0 saturated carbocycles. The van der Waals surface area contributed by atoms with E-state index in [9.17, 15) is 13.2 Å². The Balaban J connectivity index is 2.44. The second-order valence-electron chi connectivity index (χ2n) is 6.00. The summed E-state index contributed by atoms with van der Waals surface area (Å²) in [6.45, 7) is 9.35. The van der Waals surface area contributed by atoms with E-state index in [1.807, 2.05) is 19.9 Å². The van der Waals surface area contributed by atoms with Crippen molar-refractivity contribution < 1.29 is 17.9 Å². The van der Waals surface area contributed by atoms with E-state index in [0.717, 1.165) is 22.3 Å². The number of esters is 1. The Labute approximate surface area is 149 Å². The first-order chi connectivity index (χ1) is 11.7. The van der Waals surface area contributed by atoms with Crippen molar-refractivity contribution >= 4 is 21.7 Å². The van der Waals surface area contributed by atoms with E-state index >= 15 is 0 Å². The highest BCUT2D eigenvalue weighted by molar-refractivity contribution is 7.92. The molecule has 0 saturated heterocycles. The third-order valence-corrected chi connectivity index (χ3v) is 5.85. The van der Waals surface area contributed by atoms with Crippen molar-refractivity contribution in [2.75, 3.05) is 11.3 Å². The van der Waals surface area contributed by atoms with Gasteiger partial charge in [0.1, 0.15) is 0 Å². The molecule has 25 heavy (non-hydrogen) atoms. The summed E-state index contributed by atoms with van der Waals surface area (Å²) >= 11 is 0. The highest BCUT2D eigenvalue weighted by atomic mass is 32.2. The number of rotatable bonds is 5. The minimum absolute atomic E-state index is 0.260. The number of nitrogens with one attached hydrogen (secondary N) is 1. The molecule has 0 fully saturated rings. The summed E-state index contributed by atoms with van der Waals surface area (Å²) < 4.78 is 33.4. The fourth-order valence-corrected chi connectivity index (χ4v) is 4.38. The molecule has 0 heterocycles. The average molecular weight is 361 g/mol. The molecule has 0 atom stereocenters. The van der Waals surface area contributed by atoms with Crippen LogP contribution in [0.3, 0.4) is 0 Å². The third-order valence-electron chi connectivity index (χ3n) is 4.19. The van der Waals surface area contributed by atoms with Crippen LogP contribution in [0.5, 0.6) is 0 Å². The molecule has 5 nitrogen and oxygen atoms in total. The molecule has 0 aliphatic rings. The molecule has 0 bridgehead atoms. The van der Waals surface area contributed by atoms with E-state index < -0.39 is 16.0 Å². The first-order valence-electron chi connectivity index (χ1n) is 8.04. The van der Waals surface area contributed by atoms with Gasteiger partial charge < -0.3 is 4.74 Å². The van der Waals surface area contributed by atoms with Crippen molar-refractivity contribution in [1.82, 2.24) is 0 Å². The molecule has 0 unspecified atom stereocenters. The maximum Gasteiger partial charge on any atom is 0.338 e. The molecule has 2 aromatic rings. The van der Waals surface area contributed by atoms with Crippen molar-refractivity contribution in [2.24, 2.45) is 0 Å². The van der Waals surface area contributed by atoms with Crippen LogP contribution < -0.4 is 4.72 Å². The number of carbonyl (C=O) groups excluding carboxylic acids is 1. The topological polar surface area (TPSA) is 72.5 Å². The van der Waals surface area contributed by atoms with Gasteiger partial charge in [0.15, 0.2) is 0 Å². The van der Waals surface area contributed by atoms with Gasteiger partial charge in [0.25, 0.3) is 10.0 Å². The summed E-state index contributed by atoms with van der Waals surface area (Å²) in [5, 5.41) is 0. The first kappa shape index (κ1) is 19.0. The van der Waals surface area contributed by atoms with Crippen LogP contribution in [-0.2, 0) is 14.8 Å². The van der Waals surface area contributed by atoms with Gasteiger partial charge in [-0.2, -0.15) is 0 Å². The summed E-state index contributed by atoms with van der Waals surface area (Å²) in [5.41, 5.74) is 3.90. The zero-order valence-corrected chi connectivity index (χ0v) is 16.0. The van der Waals surface area contributed by atoms with Gasteiger partial charge in [0.2, 0.25) is 0 Å². The van der Waals surface area contributed by atoms with Crippen molar-refractivity contribution in [2.45, 2.75) is 39.5 Å². The van der Waals surface area contributed by atoms with Gasteiger partial charge in [-0.15, -0.1) is 0 Å². The van der Waals surface area contributed by atoms with Gasteiger partial charge in [-0.05, 0) is 75.1 Å². The Morgan fingerprint density at radius 1 is 1.04 bits per heavy atom. The SMILES string of the molecule is CCOC(=O)c1cccc(NS(=O)(=O)c2c(C)c(C)cc(C)c2C)c1. The van der Waals surface area contributed by atoms with Crippen LogP contribution in [0.15, 0.2) is 35.2 Å². The predicted molar refractivity (Wildman–Crippen MR) is 98.6 cm³/mol. The molecule has 1 N–H and O–H groups in total. The molecule has 0 spiro atoms. The lowest BCUT2D eigenvalue weighted by molar-refractivity contribution is 0.0526. The van der Waals surface area contributed by atoms with Crippen LogP contribution in [0.1, 0.15) is 39.5 Å². The van der Waals surface area contributed by atoms with Crippen LogP contribution in [-0.4, -0.2) is 21.0 Å². The largest absolute Gasteiger partial charge is 0.462 e. The number of anilines is 1. The summed E-state index contributed by atoms with van der Waals surface area (Å²) in [6, 6.07) is 8.26. The number of ether oxygens (including phenoxy) is 1. The third kappa shape index (κ3) is 4.02. The zero-order valence-electron chi connectivity index (χ0n) is 15.1. The van der Waals surface area contributed by atoms with E-state index in [1.54, 1.807) is 39.0 Å². The minimum atomic E-state index is -3.78. The van der Waals surface area contributed by atoms with Crippen molar-refractivity contribution in [3.63, 3.8) is 0 Å². The molecular formula is C19H23NO4S. The lowest BCUT2D eigenvalue weighted by Crippen LogP contribution is -2.17. The molecule has 134 valence electrons. The maximum atomic E-state index is 12.9. The van der Waals surface area contributed by atoms with Gasteiger partial charge in [0, 0.05) is 5.69 Å². The van der Waals surface area contributed by atoms with Crippen molar-refractivity contribution in [1.29, 1.82) is 0 Å². The van der Waals surface area contributed by atoms with Gasteiger partial charge in [-0.1, -0.05) is 12.1 Å². The van der Waals surface area contributed by atoms with Crippen molar-refractivity contribution in [3.8, 4) is 0 Å².